The van der Waals surface area contributed by atoms with Gasteiger partial charge in [0.25, 0.3) is 0 Å². The minimum absolute atomic E-state index is 0.0192. The van der Waals surface area contributed by atoms with Crippen molar-refractivity contribution in [3.05, 3.63) is 36.5 Å². The fraction of sp³-hybridized carbons (Fsp3) is 0.836. The predicted molar refractivity (Wildman–Crippen MR) is 267 cm³/mol. The maximum Gasteiger partial charge on any atom is 0.326 e. The van der Waals surface area contributed by atoms with Crippen molar-refractivity contribution in [1.29, 1.82) is 0 Å². The van der Waals surface area contributed by atoms with Crippen molar-refractivity contribution in [1.82, 2.24) is 5.32 Å². The number of hydrogen-bond donors (Lipinski definition) is 3. The molecule has 0 radical (unpaired) electrons. The number of unbranched alkanes of at least 4 members (excludes halogenated alkanes) is 29. The highest BCUT2D eigenvalue weighted by Gasteiger charge is 2.19. The van der Waals surface area contributed by atoms with Gasteiger partial charge in [-0.05, 0) is 109 Å². The third-order valence-corrected chi connectivity index (χ3v) is 12.2. The zero-order valence-electron chi connectivity index (χ0n) is 41.0. The number of carboxylic acids is 1. The number of amides is 1. The Morgan fingerprint density at radius 3 is 1.32 bits per heavy atom. The molecule has 0 aliphatic heterocycles. The minimum Gasteiger partial charge on any atom is -0.480 e. The molecule has 1 amide bonds. The predicted octanol–water partition coefficient (Wildman–Crippen LogP) is 16.1. The van der Waals surface area contributed by atoms with E-state index >= 15 is 0 Å². The molecule has 7 nitrogen and oxygen atoms in total. The molecular formula is C55H102N2O5. The van der Waals surface area contributed by atoms with Crippen molar-refractivity contribution in [3.8, 4) is 0 Å². The molecule has 0 aromatic heterocycles. The van der Waals surface area contributed by atoms with Crippen LogP contribution in [0.3, 0.4) is 0 Å². The van der Waals surface area contributed by atoms with Crippen LogP contribution in [0.1, 0.15) is 277 Å². The molecule has 2 atom stereocenters. The summed E-state index contributed by atoms with van der Waals surface area (Å²) in [5, 5.41) is 12.0. The van der Waals surface area contributed by atoms with Crippen molar-refractivity contribution in [2.45, 2.75) is 289 Å². The van der Waals surface area contributed by atoms with E-state index in [9.17, 15) is 19.5 Å². The normalized spacial score (nSPS) is 12.8. The molecule has 0 aromatic carbocycles. The maximum absolute atomic E-state index is 12.9. The van der Waals surface area contributed by atoms with E-state index in [4.69, 9.17) is 10.5 Å². The Balaban J connectivity index is 4.22. The molecule has 362 valence electrons. The van der Waals surface area contributed by atoms with Crippen LogP contribution in [-0.4, -0.2) is 41.6 Å². The van der Waals surface area contributed by atoms with Crippen molar-refractivity contribution in [2.24, 2.45) is 5.73 Å². The Morgan fingerprint density at radius 1 is 0.468 bits per heavy atom. The van der Waals surface area contributed by atoms with E-state index in [-0.39, 0.29) is 18.0 Å². The fourth-order valence-corrected chi connectivity index (χ4v) is 8.13. The van der Waals surface area contributed by atoms with Gasteiger partial charge in [0, 0.05) is 12.8 Å². The lowest BCUT2D eigenvalue weighted by atomic mass is 10.0. The highest BCUT2D eigenvalue weighted by Crippen LogP contribution is 2.19. The van der Waals surface area contributed by atoms with Gasteiger partial charge in [0.1, 0.15) is 12.1 Å². The molecule has 0 heterocycles. The Hall–Kier alpha value is -2.41. The van der Waals surface area contributed by atoms with Gasteiger partial charge < -0.3 is 20.9 Å². The molecular weight excluding hydrogens is 769 g/mol. The molecule has 0 aliphatic rings. The van der Waals surface area contributed by atoms with Gasteiger partial charge in [-0.1, -0.05) is 198 Å². The lowest BCUT2D eigenvalue weighted by Crippen LogP contribution is -2.40. The quantitative estimate of drug-likeness (QED) is 0.0318. The number of rotatable bonds is 49. The topological polar surface area (TPSA) is 119 Å². The second-order valence-electron chi connectivity index (χ2n) is 18.3. The van der Waals surface area contributed by atoms with Crippen LogP contribution in [0.5, 0.6) is 0 Å². The first-order valence-corrected chi connectivity index (χ1v) is 26.8. The molecule has 0 fully saturated rings. The lowest BCUT2D eigenvalue weighted by Gasteiger charge is -2.18. The van der Waals surface area contributed by atoms with E-state index in [1.54, 1.807) is 0 Å². The van der Waals surface area contributed by atoms with Gasteiger partial charge in [-0.25, -0.2) is 4.79 Å². The molecule has 0 rings (SSSR count). The van der Waals surface area contributed by atoms with Crippen LogP contribution >= 0.6 is 0 Å². The van der Waals surface area contributed by atoms with Gasteiger partial charge in [0.05, 0.1) is 0 Å². The monoisotopic (exact) mass is 871 g/mol. The van der Waals surface area contributed by atoms with E-state index in [0.717, 1.165) is 77.0 Å². The molecule has 0 bridgehead atoms. The molecule has 0 saturated heterocycles. The summed E-state index contributed by atoms with van der Waals surface area (Å²) in [4.78, 5) is 36.6. The van der Waals surface area contributed by atoms with E-state index < -0.39 is 12.0 Å². The first-order chi connectivity index (χ1) is 30.4. The van der Waals surface area contributed by atoms with Crippen LogP contribution in [-0.2, 0) is 19.1 Å². The van der Waals surface area contributed by atoms with Gasteiger partial charge in [0.2, 0.25) is 5.91 Å². The summed E-state index contributed by atoms with van der Waals surface area (Å²) < 4.78 is 6.07. The van der Waals surface area contributed by atoms with Gasteiger partial charge >= 0.3 is 11.9 Å². The van der Waals surface area contributed by atoms with Crippen molar-refractivity contribution in [3.63, 3.8) is 0 Å². The summed E-state index contributed by atoms with van der Waals surface area (Å²) in [7, 11) is 0. The van der Waals surface area contributed by atoms with Crippen LogP contribution in [0, 0.1) is 0 Å². The van der Waals surface area contributed by atoms with Crippen LogP contribution in [0.4, 0.5) is 0 Å². The van der Waals surface area contributed by atoms with Gasteiger partial charge in [0.15, 0.2) is 0 Å². The Bertz CT molecular complexity index is 1070. The second kappa shape index (κ2) is 49.6. The number of carboxylic acid groups (broad SMARTS) is 1. The molecule has 0 aliphatic carbocycles. The van der Waals surface area contributed by atoms with Crippen LogP contribution in [0.25, 0.3) is 0 Å². The maximum atomic E-state index is 12.9. The molecule has 0 spiro atoms. The summed E-state index contributed by atoms with van der Waals surface area (Å²) >= 11 is 0. The number of nitrogens with two attached hydrogens (primary N) is 1. The number of carbonyl (C=O) groups excluding carboxylic acids is 2. The Morgan fingerprint density at radius 2 is 0.855 bits per heavy atom. The fourth-order valence-electron chi connectivity index (χ4n) is 8.13. The average molecular weight is 871 g/mol. The summed E-state index contributed by atoms with van der Waals surface area (Å²) in [6, 6.07) is -0.860. The molecule has 2 unspecified atom stereocenters. The lowest BCUT2D eigenvalue weighted by molar-refractivity contribution is -0.150. The van der Waals surface area contributed by atoms with Crippen molar-refractivity contribution >= 4 is 17.8 Å². The van der Waals surface area contributed by atoms with E-state index in [2.05, 4.69) is 55.6 Å². The first kappa shape index (κ1) is 59.6. The van der Waals surface area contributed by atoms with Gasteiger partial charge in [-0.2, -0.15) is 0 Å². The van der Waals surface area contributed by atoms with Gasteiger partial charge in [-0.3, -0.25) is 9.59 Å². The first-order valence-electron chi connectivity index (χ1n) is 26.8. The standard InChI is InChI=1S/C55H102N2O5/c1-3-5-7-9-11-13-15-17-18-19-20-21-22-23-24-25-26-28-30-32-34-39-43-49-54(59)62-51(45-40-36-33-31-29-27-16-14-12-10-8-6-4-2)46-41-37-35-38-42-48-53(58)57-52(55(60)61)47-44-50-56/h15,17,19-20,31,33,51-52H,3-14,16,18,21-30,32,34-50,56H2,1-2H3,(H,57,58)(H,60,61)/b17-15-,20-19-,33-31-. The summed E-state index contributed by atoms with van der Waals surface area (Å²) in [5.74, 6) is -1.24. The van der Waals surface area contributed by atoms with Crippen LogP contribution < -0.4 is 11.1 Å². The highest BCUT2D eigenvalue weighted by atomic mass is 16.5. The van der Waals surface area contributed by atoms with Crippen molar-refractivity contribution < 1.29 is 24.2 Å². The second-order valence-corrected chi connectivity index (χ2v) is 18.3. The average Bonchev–Trinajstić information content (AvgIpc) is 3.26. The number of hydrogen-bond acceptors (Lipinski definition) is 5. The third kappa shape index (κ3) is 45.6. The number of allylic oxidation sites excluding steroid dienone is 6. The smallest absolute Gasteiger partial charge is 0.326 e. The summed E-state index contributed by atoms with van der Waals surface area (Å²) in [6.45, 7) is 4.95. The van der Waals surface area contributed by atoms with Gasteiger partial charge in [-0.15, -0.1) is 0 Å². The summed E-state index contributed by atoms with van der Waals surface area (Å²) in [6.07, 6.45) is 60.7. The van der Waals surface area contributed by atoms with Crippen LogP contribution in [0.2, 0.25) is 0 Å². The van der Waals surface area contributed by atoms with Crippen LogP contribution in [0.15, 0.2) is 36.5 Å². The van der Waals surface area contributed by atoms with Crippen molar-refractivity contribution in [2.75, 3.05) is 6.54 Å². The van der Waals surface area contributed by atoms with E-state index in [1.807, 2.05) is 0 Å². The third-order valence-electron chi connectivity index (χ3n) is 12.2. The highest BCUT2D eigenvalue weighted by molar-refractivity contribution is 5.83. The molecule has 4 N–H and O–H groups in total. The molecule has 0 saturated carbocycles. The Kier molecular flexibility index (Phi) is 47.7. The summed E-state index contributed by atoms with van der Waals surface area (Å²) in [5.41, 5.74) is 5.50. The zero-order chi connectivity index (χ0) is 45.2. The minimum atomic E-state index is -1.00. The zero-order valence-corrected chi connectivity index (χ0v) is 41.0. The molecule has 0 aromatic rings. The molecule has 7 heteroatoms. The number of aliphatic carboxylic acids is 1. The molecule has 62 heavy (non-hydrogen) atoms. The number of ether oxygens (including phenoxy) is 1. The SMILES string of the molecule is CCCCCCC/C=C\C/C=C\CCCCCCCCCCCCCC(=O)OC(CCC/C=C\CCCCCCCCCC)CCCCCCCC(=O)NC(CCCN)C(=O)O. The largest absolute Gasteiger partial charge is 0.480 e. The Labute approximate surface area is 384 Å². The van der Waals surface area contributed by atoms with E-state index in [0.29, 0.717) is 32.2 Å². The number of esters is 1. The number of carbonyl (C=O) groups is 3. The van der Waals surface area contributed by atoms with E-state index in [1.165, 1.54) is 161 Å². The number of nitrogens with one attached hydrogen (secondary N) is 1.